The van der Waals surface area contributed by atoms with Crippen LogP contribution in [0.15, 0.2) is 42.6 Å². The molecule has 0 radical (unpaired) electrons. The van der Waals surface area contributed by atoms with Crippen molar-refractivity contribution in [2.45, 2.75) is 0 Å². The first kappa shape index (κ1) is 8.17. The molecule has 0 saturated carbocycles. The van der Waals surface area contributed by atoms with Crippen molar-refractivity contribution in [3.63, 3.8) is 0 Å². The van der Waals surface area contributed by atoms with E-state index in [1.54, 1.807) is 6.20 Å². The Balaban J connectivity index is 2.67. The first-order valence-corrected chi connectivity index (χ1v) is 4.75. The Bertz CT molecular complexity index is 698. The first-order chi connectivity index (χ1) is 7.34. The lowest BCUT2D eigenvalue weighted by atomic mass is 10.2. The largest absolute Gasteiger partial charge is 0.299 e. The normalized spacial score (nSPS) is 10.9. The van der Waals surface area contributed by atoms with E-state index in [1.165, 1.54) is 0 Å². The van der Waals surface area contributed by atoms with Gasteiger partial charge in [0, 0.05) is 5.39 Å². The quantitative estimate of drug-likeness (QED) is 0.567. The van der Waals surface area contributed by atoms with E-state index in [2.05, 4.69) is 10.2 Å². The van der Waals surface area contributed by atoms with Crippen LogP contribution in [-0.4, -0.2) is 10.2 Å². The number of fused-ring (bicyclic) bond motifs is 2. The Hall–Kier alpha value is -2.16. The maximum Gasteiger partial charge on any atom is 0.0899 e. The van der Waals surface area contributed by atoms with Crippen LogP contribution in [0.25, 0.3) is 21.7 Å². The van der Waals surface area contributed by atoms with E-state index in [0.717, 1.165) is 21.7 Å². The molecule has 0 bridgehead atoms. The predicted octanol–water partition coefficient (Wildman–Crippen LogP) is 2.20. The van der Waals surface area contributed by atoms with Gasteiger partial charge >= 0.3 is 0 Å². The minimum Gasteiger partial charge on any atom is -0.299 e. The van der Waals surface area contributed by atoms with E-state index in [9.17, 15) is 0 Å². The third kappa shape index (κ3) is 1.21. The second-order valence-electron chi connectivity index (χ2n) is 3.53. The van der Waals surface area contributed by atoms with E-state index in [0.29, 0.717) is 5.36 Å². The number of aromatic nitrogens is 2. The van der Waals surface area contributed by atoms with Gasteiger partial charge in [-0.15, -0.1) is 0 Å². The van der Waals surface area contributed by atoms with Crippen molar-refractivity contribution in [3.05, 3.63) is 48.0 Å². The van der Waals surface area contributed by atoms with Crippen LogP contribution >= 0.6 is 0 Å². The fourth-order valence-electron chi connectivity index (χ4n) is 1.79. The summed E-state index contributed by atoms with van der Waals surface area (Å²) in [6, 6.07) is 11.9. The summed E-state index contributed by atoms with van der Waals surface area (Å²) in [5.74, 6) is 0. The molecule has 72 valence electrons. The van der Waals surface area contributed by atoms with Crippen LogP contribution in [0.5, 0.6) is 0 Å². The molecule has 3 rings (SSSR count). The Morgan fingerprint density at radius 1 is 1.00 bits per heavy atom. The number of nitrogens with one attached hydrogen (secondary N) is 2. The molecule has 0 spiro atoms. The highest BCUT2D eigenvalue weighted by Crippen LogP contribution is 2.14. The highest BCUT2D eigenvalue weighted by atomic mass is 15.1. The van der Waals surface area contributed by atoms with Gasteiger partial charge in [-0.3, -0.25) is 10.5 Å². The van der Waals surface area contributed by atoms with Crippen molar-refractivity contribution in [1.82, 2.24) is 10.2 Å². The third-order valence-corrected chi connectivity index (χ3v) is 2.54. The van der Waals surface area contributed by atoms with Crippen LogP contribution in [0.3, 0.4) is 0 Å². The molecule has 0 atom stereocenters. The van der Waals surface area contributed by atoms with Gasteiger partial charge in [0.15, 0.2) is 0 Å². The summed E-state index contributed by atoms with van der Waals surface area (Å²) in [5.41, 5.74) is 0.784. The lowest BCUT2D eigenvalue weighted by Crippen LogP contribution is -1.95. The van der Waals surface area contributed by atoms with E-state index in [1.807, 2.05) is 36.4 Å². The standard InChI is InChI=1S/C12H9N3/c13-11-6-9-4-2-1-3-8(9)5-10-7-14-15-12(10)11/h1-7,13H,(H,14,15). The van der Waals surface area contributed by atoms with E-state index < -0.39 is 0 Å². The lowest BCUT2D eigenvalue weighted by Gasteiger charge is -1.88. The zero-order valence-electron chi connectivity index (χ0n) is 7.99. The second kappa shape index (κ2) is 2.92. The van der Waals surface area contributed by atoms with E-state index in [4.69, 9.17) is 5.41 Å². The molecule has 0 aliphatic heterocycles. The molecule has 3 nitrogen and oxygen atoms in total. The first-order valence-electron chi connectivity index (χ1n) is 4.75. The summed E-state index contributed by atoms with van der Waals surface area (Å²) in [5, 5.41) is 18.4. The smallest absolute Gasteiger partial charge is 0.0899 e. The predicted molar refractivity (Wildman–Crippen MR) is 59.5 cm³/mol. The SMILES string of the molecule is N=c1cc2ccccc2cc2cn[nH]c12. The fourth-order valence-corrected chi connectivity index (χ4v) is 1.79. The van der Waals surface area contributed by atoms with Crippen molar-refractivity contribution in [1.29, 1.82) is 5.41 Å². The molecule has 1 heterocycles. The molecule has 0 unspecified atom stereocenters. The van der Waals surface area contributed by atoms with Crippen molar-refractivity contribution in [3.8, 4) is 0 Å². The highest BCUT2D eigenvalue weighted by molar-refractivity contribution is 5.91. The average Bonchev–Trinajstić information content (AvgIpc) is 2.64. The Morgan fingerprint density at radius 3 is 2.53 bits per heavy atom. The maximum absolute atomic E-state index is 7.91. The molecule has 2 N–H and O–H groups in total. The molecule has 15 heavy (non-hydrogen) atoms. The van der Waals surface area contributed by atoms with Crippen molar-refractivity contribution >= 4 is 21.7 Å². The summed E-state index contributed by atoms with van der Waals surface area (Å²) in [4.78, 5) is 0. The van der Waals surface area contributed by atoms with Crippen molar-refractivity contribution in [2.24, 2.45) is 0 Å². The van der Waals surface area contributed by atoms with Gasteiger partial charge in [-0.05, 0) is 22.9 Å². The zero-order chi connectivity index (χ0) is 10.3. The monoisotopic (exact) mass is 195 g/mol. The fraction of sp³-hybridized carbons (Fsp3) is 0. The van der Waals surface area contributed by atoms with Gasteiger partial charge in [0.2, 0.25) is 0 Å². The average molecular weight is 195 g/mol. The van der Waals surface area contributed by atoms with Gasteiger partial charge in [-0.25, -0.2) is 0 Å². The van der Waals surface area contributed by atoms with Crippen LogP contribution in [0, 0.1) is 5.41 Å². The molecule has 1 aromatic heterocycles. The Morgan fingerprint density at radius 2 is 1.73 bits per heavy atom. The third-order valence-electron chi connectivity index (χ3n) is 2.54. The number of aromatic amines is 1. The van der Waals surface area contributed by atoms with Gasteiger partial charge < -0.3 is 0 Å². The van der Waals surface area contributed by atoms with E-state index in [-0.39, 0.29) is 0 Å². The van der Waals surface area contributed by atoms with Crippen molar-refractivity contribution in [2.75, 3.05) is 0 Å². The minimum absolute atomic E-state index is 0.476. The summed E-state index contributed by atoms with van der Waals surface area (Å²) >= 11 is 0. The van der Waals surface area contributed by atoms with Crippen molar-refractivity contribution < 1.29 is 0 Å². The van der Waals surface area contributed by atoms with Crippen LogP contribution < -0.4 is 5.36 Å². The molecule has 0 amide bonds. The minimum atomic E-state index is 0.476. The molecule has 0 fully saturated rings. The highest BCUT2D eigenvalue weighted by Gasteiger charge is 1.98. The number of H-pyrrole nitrogens is 1. The number of rotatable bonds is 0. The summed E-state index contributed by atoms with van der Waals surface area (Å²) < 4.78 is 0. The molecule has 2 aromatic carbocycles. The Labute approximate surface area is 85.9 Å². The summed E-state index contributed by atoms with van der Waals surface area (Å²) in [7, 11) is 0. The van der Waals surface area contributed by atoms with Crippen LogP contribution in [0.4, 0.5) is 0 Å². The number of hydrogen-bond donors (Lipinski definition) is 2. The van der Waals surface area contributed by atoms with Crippen LogP contribution in [0.1, 0.15) is 0 Å². The summed E-state index contributed by atoms with van der Waals surface area (Å²) in [6.45, 7) is 0. The number of nitrogens with zero attached hydrogens (tertiary/aromatic N) is 1. The molecule has 0 aliphatic rings. The van der Waals surface area contributed by atoms with Gasteiger partial charge in [0.1, 0.15) is 0 Å². The van der Waals surface area contributed by atoms with E-state index >= 15 is 0 Å². The van der Waals surface area contributed by atoms with Gasteiger partial charge in [0.05, 0.1) is 17.1 Å². The summed E-state index contributed by atoms with van der Waals surface area (Å²) in [6.07, 6.45) is 1.75. The molecular formula is C12H9N3. The number of benzene rings is 1. The molecule has 0 aliphatic carbocycles. The van der Waals surface area contributed by atoms with Gasteiger partial charge in [-0.2, -0.15) is 5.10 Å². The number of hydrogen-bond acceptors (Lipinski definition) is 2. The second-order valence-corrected chi connectivity index (χ2v) is 3.53. The molecular weight excluding hydrogens is 186 g/mol. The molecule has 3 heteroatoms. The topological polar surface area (TPSA) is 52.5 Å². The van der Waals surface area contributed by atoms with Gasteiger partial charge in [-0.1, -0.05) is 24.3 Å². The Kier molecular flexibility index (Phi) is 1.59. The van der Waals surface area contributed by atoms with Crippen LogP contribution in [0.2, 0.25) is 0 Å². The van der Waals surface area contributed by atoms with Gasteiger partial charge in [0.25, 0.3) is 0 Å². The lowest BCUT2D eigenvalue weighted by molar-refractivity contribution is 1.11. The molecule has 3 aromatic rings. The maximum atomic E-state index is 7.91. The van der Waals surface area contributed by atoms with Crippen LogP contribution in [-0.2, 0) is 0 Å². The molecule has 0 saturated heterocycles. The zero-order valence-corrected chi connectivity index (χ0v) is 7.99.